The van der Waals surface area contributed by atoms with Crippen LogP contribution in [0, 0.1) is 18.6 Å². The zero-order valence-electron chi connectivity index (χ0n) is 15.9. The number of rotatable bonds is 5. The number of nitrogens with two attached hydrogens (primary N) is 2. The molecule has 4 N–H and O–H groups in total. The summed E-state index contributed by atoms with van der Waals surface area (Å²) in [5.74, 6) is -2.01. The van der Waals surface area contributed by atoms with Crippen molar-refractivity contribution >= 4 is 23.6 Å². The van der Waals surface area contributed by atoms with Crippen molar-refractivity contribution in [2.24, 2.45) is 11.5 Å². The highest BCUT2D eigenvalue weighted by atomic mass is 19.1. The highest BCUT2D eigenvalue weighted by molar-refractivity contribution is 5.98. The standard InChI is InChI=1S/C21H18F2N4O3/c1-12-5-2-6-13(14(12)11-30-21(25)29)17-9-4-10-18(26-17)27(20(24)28)19-15(22)7-3-8-16(19)23/h2-10H,11H2,1H3,(H2,24,28)(H2,25,29). The van der Waals surface area contributed by atoms with Crippen molar-refractivity contribution in [2.75, 3.05) is 4.90 Å². The molecule has 0 aliphatic carbocycles. The van der Waals surface area contributed by atoms with Gasteiger partial charge in [0, 0.05) is 11.1 Å². The monoisotopic (exact) mass is 412 g/mol. The van der Waals surface area contributed by atoms with Gasteiger partial charge in [0.1, 0.15) is 29.7 Å². The van der Waals surface area contributed by atoms with Gasteiger partial charge >= 0.3 is 12.1 Å². The van der Waals surface area contributed by atoms with Crippen LogP contribution < -0.4 is 16.4 Å². The number of benzene rings is 2. The van der Waals surface area contributed by atoms with E-state index in [9.17, 15) is 18.4 Å². The normalized spacial score (nSPS) is 10.5. The molecule has 0 unspecified atom stereocenters. The molecule has 0 fully saturated rings. The Morgan fingerprint density at radius 3 is 2.27 bits per heavy atom. The van der Waals surface area contributed by atoms with Gasteiger partial charge in [-0.2, -0.15) is 0 Å². The molecule has 0 radical (unpaired) electrons. The first-order chi connectivity index (χ1) is 14.3. The predicted molar refractivity (Wildman–Crippen MR) is 107 cm³/mol. The van der Waals surface area contributed by atoms with Crippen LogP contribution in [0.15, 0.2) is 54.6 Å². The van der Waals surface area contributed by atoms with E-state index in [0.29, 0.717) is 21.7 Å². The van der Waals surface area contributed by atoms with E-state index in [-0.39, 0.29) is 12.4 Å². The van der Waals surface area contributed by atoms with Crippen molar-refractivity contribution < 1.29 is 23.1 Å². The van der Waals surface area contributed by atoms with Gasteiger partial charge in [0.2, 0.25) is 0 Å². The van der Waals surface area contributed by atoms with Crippen LogP contribution >= 0.6 is 0 Å². The maximum absolute atomic E-state index is 14.3. The molecule has 3 rings (SSSR count). The van der Waals surface area contributed by atoms with E-state index in [2.05, 4.69) is 4.98 Å². The van der Waals surface area contributed by atoms with Crippen LogP contribution in [-0.2, 0) is 11.3 Å². The summed E-state index contributed by atoms with van der Waals surface area (Å²) in [6.07, 6.45) is -0.930. The number of aromatic nitrogens is 1. The fourth-order valence-corrected chi connectivity index (χ4v) is 3.02. The summed E-state index contributed by atoms with van der Waals surface area (Å²) in [4.78, 5) is 28.1. The summed E-state index contributed by atoms with van der Waals surface area (Å²) in [7, 11) is 0. The molecule has 7 nitrogen and oxygen atoms in total. The largest absolute Gasteiger partial charge is 0.445 e. The van der Waals surface area contributed by atoms with Gasteiger partial charge < -0.3 is 16.2 Å². The van der Waals surface area contributed by atoms with Crippen molar-refractivity contribution in [3.63, 3.8) is 0 Å². The van der Waals surface area contributed by atoms with Crippen molar-refractivity contribution in [2.45, 2.75) is 13.5 Å². The highest BCUT2D eigenvalue weighted by Crippen LogP contribution is 2.32. The van der Waals surface area contributed by atoms with Gasteiger partial charge in [0.25, 0.3) is 0 Å². The van der Waals surface area contributed by atoms with Crippen molar-refractivity contribution in [1.29, 1.82) is 0 Å². The van der Waals surface area contributed by atoms with Gasteiger partial charge in [-0.15, -0.1) is 0 Å². The molecule has 0 saturated carbocycles. The lowest BCUT2D eigenvalue weighted by Crippen LogP contribution is -2.33. The number of carbonyl (C=O) groups excluding carboxylic acids is 2. The molecular formula is C21H18F2N4O3. The summed E-state index contributed by atoms with van der Waals surface area (Å²) in [5, 5.41) is 0. The van der Waals surface area contributed by atoms with E-state index in [1.165, 1.54) is 12.1 Å². The molecule has 0 aliphatic rings. The molecule has 0 saturated heterocycles. The number of carbonyl (C=O) groups is 2. The molecule has 30 heavy (non-hydrogen) atoms. The SMILES string of the molecule is Cc1cccc(-c2cccc(N(C(N)=O)c3c(F)cccc3F)n2)c1COC(N)=O. The second-order valence-corrected chi connectivity index (χ2v) is 6.33. The topological polar surface area (TPSA) is 112 Å². The van der Waals surface area contributed by atoms with Crippen LogP contribution in [-0.4, -0.2) is 17.1 Å². The number of amides is 3. The summed E-state index contributed by atoms with van der Waals surface area (Å²) in [5.41, 5.74) is 12.3. The Morgan fingerprint density at radius 1 is 1.00 bits per heavy atom. The van der Waals surface area contributed by atoms with E-state index < -0.39 is 29.4 Å². The Bertz CT molecular complexity index is 1100. The zero-order chi connectivity index (χ0) is 21.8. The lowest BCUT2D eigenvalue weighted by Gasteiger charge is -2.21. The molecule has 3 amide bonds. The van der Waals surface area contributed by atoms with E-state index in [1.807, 2.05) is 13.0 Å². The number of anilines is 2. The minimum atomic E-state index is -1.11. The molecule has 0 spiro atoms. The Hall–Kier alpha value is -4.01. The van der Waals surface area contributed by atoms with Crippen LogP contribution in [0.5, 0.6) is 0 Å². The lowest BCUT2D eigenvalue weighted by atomic mass is 9.99. The second-order valence-electron chi connectivity index (χ2n) is 6.33. The summed E-state index contributed by atoms with van der Waals surface area (Å²) in [6, 6.07) is 12.0. The summed E-state index contributed by atoms with van der Waals surface area (Å²) < 4.78 is 33.5. The maximum atomic E-state index is 14.3. The molecule has 1 heterocycles. The van der Waals surface area contributed by atoms with E-state index in [4.69, 9.17) is 16.2 Å². The average Bonchev–Trinajstić information content (AvgIpc) is 2.69. The first-order valence-corrected chi connectivity index (χ1v) is 8.81. The summed E-state index contributed by atoms with van der Waals surface area (Å²) in [6.45, 7) is 1.72. The molecule has 0 bridgehead atoms. The average molecular weight is 412 g/mol. The predicted octanol–water partition coefficient (Wildman–Crippen LogP) is 4.15. The van der Waals surface area contributed by atoms with E-state index in [0.717, 1.165) is 17.7 Å². The number of hydrogen-bond donors (Lipinski definition) is 2. The van der Waals surface area contributed by atoms with Crippen LogP contribution in [0.25, 0.3) is 11.3 Å². The number of hydrogen-bond acceptors (Lipinski definition) is 4. The van der Waals surface area contributed by atoms with Crippen molar-refractivity contribution in [3.8, 4) is 11.3 Å². The van der Waals surface area contributed by atoms with Gasteiger partial charge in [-0.1, -0.05) is 30.3 Å². The first kappa shape index (κ1) is 20.7. The number of primary amides is 2. The van der Waals surface area contributed by atoms with Gasteiger partial charge in [-0.25, -0.2) is 28.3 Å². The molecule has 154 valence electrons. The van der Waals surface area contributed by atoms with E-state index in [1.54, 1.807) is 24.3 Å². The number of ether oxygens (including phenoxy) is 1. The van der Waals surface area contributed by atoms with Gasteiger partial charge in [-0.3, -0.25) is 0 Å². The molecule has 9 heteroatoms. The summed E-state index contributed by atoms with van der Waals surface area (Å²) >= 11 is 0. The van der Waals surface area contributed by atoms with Gasteiger partial charge in [0.05, 0.1) is 5.69 Å². The smallest absolute Gasteiger partial charge is 0.404 e. The van der Waals surface area contributed by atoms with Gasteiger partial charge in [0.15, 0.2) is 0 Å². The quantitative estimate of drug-likeness (QED) is 0.656. The third kappa shape index (κ3) is 4.19. The Morgan fingerprint density at radius 2 is 1.63 bits per heavy atom. The van der Waals surface area contributed by atoms with Crippen LogP contribution in [0.1, 0.15) is 11.1 Å². The van der Waals surface area contributed by atoms with Gasteiger partial charge in [-0.05, 0) is 36.8 Å². The Kier molecular flexibility index (Phi) is 5.91. The van der Waals surface area contributed by atoms with Crippen molar-refractivity contribution in [3.05, 3.63) is 77.4 Å². The molecule has 2 aromatic carbocycles. The lowest BCUT2D eigenvalue weighted by molar-refractivity contribution is 0.150. The number of nitrogens with zero attached hydrogens (tertiary/aromatic N) is 2. The Balaban J connectivity index is 2.12. The first-order valence-electron chi connectivity index (χ1n) is 8.81. The zero-order valence-corrected chi connectivity index (χ0v) is 15.9. The molecule has 1 aromatic heterocycles. The minimum absolute atomic E-state index is 0.0766. The highest BCUT2D eigenvalue weighted by Gasteiger charge is 2.24. The molecule has 0 atom stereocenters. The van der Waals surface area contributed by atoms with Crippen LogP contribution in [0.3, 0.4) is 0 Å². The fourth-order valence-electron chi connectivity index (χ4n) is 3.02. The Labute approximate surface area is 170 Å². The number of urea groups is 1. The van der Waals surface area contributed by atoms with E-state index >= 15 is 0 Å². The molecular weight excluding hydrogens is 394 g/mol. The third-order valence-corrected chi connectivity index (χ3v) is 4.39. The number of aryl methyl sites for hydroxylation is 1. The number of halogens is 2. The van der Waals surface area contributed by atoms with Crippen molar-refractivity contribution in [1.82, 2.24) is 4.98 Å². The number of pyridine rings is 1. The van der Waals surface area contributed by atoms with Crippen LogP contribution in [0.4, 0.5) is 29.9 Å². The minimum Gasteiger partial charge on any atom is -0.445 e. The number of para-hydroxylation sites is 1. The molecule has 0 aliphatic heterocycles. The second kappa shape index (κ2) is 8.56. The maximum Gasteiger partial charge on any atom is 0.404 e. The fraction of sp³-hybridized carbons (Fsp3) is 0.0952. The third-order valence-electron chi connectivity index (χ3n) is 4.39. The molecule has 3 aromatic rings. The van der Waals surface area contributed by atoms with Crippen LogP contribution in [0.2, 0.25) is 0 Å².